The molecular formula is C12H15F3N4O5S. The summed E-state index contributed by atoms with van der Waals surface area (Å²) in [6.45, 7) is -2.24. The van der Waals surface area contributed by atoms with Crippen LogP contribution in [0.15, 0.2) is 17.3 Å². The quantitative estimate of drug-likeness (QED) is 0.701. The number of carboxylic acid groups (broad SMARTS) is 1. The number of sulfonamides is 1. The Kier molecular flexibility index (Phi) is 5.09. The Morgan fingerprint density at radius 2 is 2.04 bits per heavy atom. The van der Waals surface area contributed by atoms with E-state index in [4.69, 9.17) is 5.11 Å². The molecule has 0 aliphatic carbocycles. The lowest BCUT2D eigenvalue weighted by molar-refractivity contribution is -0.188. The van der Waals surface area contributed by atoms with E-state index in [9.17, 15) is 31.2 Å². The minimum absolute atomic E-state index is 0.208. The third-order valence-corrected chi connectivity index (χ3v) is 5.17. The Morgan fingerprint density at radius 1 is 1.40 bits per heavy atom. The summed E-state index contributed by atoms with van der Waals surface area (Å²) in [5.41, 5.74) is 0. The first-order chi connectivity index (χ1) is 11.4. The van der Waals surface area contributed by atoms with Gasteiger partial charge in [0.25, 0.3) is 0 Å². The van der Waals surface area contributed by atoms with Gasteiger partial charge in [0, 0.05) is 26.3 Å². The van der Waals surface area contributed by atoms with Gasteiger partial charge in [0.05, 0.1) is 24.6 Å². The molecule has 0 unspecified atom stereocenters. The van der Waals surface area contributed by atoms with Crippen molar-refractivity contribution in [3.05, 3.63) is 12.4 Å². The van der Waals surface area contributed by atoms with E-state index in [1.54, 1.807) is 0 Å². The van der Waals surface area contributed by atoms with Crippen molar-refractivity contribution in [2.45, 2.75) is 11.1 Å². The van der Waals surface area contributed by atoms with Crippen molar-refractivity contribution in [2.75, 3.05) is 19.6 Å². The molecule has 13 heteroatoms. The summed E-state index contributed by atoms with van der Waals surface area (Å²) >= 11 is 0. The lowest BCUT2D eigenvalue weighted by Crippen LogP contribution is -2.39. The molecule has 0 bridgehead atoms. The molecule has 9 nitrogen and oxygen atoms in total. The molecule has 0 saturated carbocycles. The zero-order valence-electron chi connectivity index (χ0n) is 12.9. The highest BCUT2D eigenvalue weighted by Crippen LogP contribution is 2.37. The van der Waals surface area contributed by atoms with Gasteiger partial charge in [-0.2, -0.15) is 18.3 Å². The van der Waals surface area contributed by atoms with Gasteiger partial charge in [-0.25, -0.2) is 13.1 Å². The van der Waals surface area contributed by atoms with Crippen LogP contribution < -0.4 is 4.72 Å². The van der Waals surface area contributed by atoms with Crippen molar-refractivity contribution in [3.8, 4) is 0 Å². The van der Waals surface area contributed by atoms with Gasteiger partial charge in [-0.3, -0.25) is 14.3 Å². The van der Waals surface area contributed by atoms with E-state index >= 15 is 0 Å². The number of aromatic nitrogens is 2. The minimum Gasteiger partial charge on any atom is -0.481 e. The second-order valence-corrected chi connectivity index (χ2v) is 7.33. The summed E-state index contributed by atoms with van der Waals surface area (Å²) in [5, 5.41) is 12.6. The fraction of sp³-hybridized carbons (Fsp3) is 0.583. The number of alkyl halides is 3. The van der Waals surface area contributed by atoms with Crippen LogP contribution in [0.4, 0.5) is 13.2 Å². The van der Waals surface area contributed by atoms with Crippen LogP contribution in [-0.4, -0.2) is 65.9 Å². The summed E-state index contributed by atoms with van der Waals surface area (Å²) in [4.78, 5) is 23.4. The van der Waals surface area contributed by atoms with Crippen molar-refractivity contribution in [1.82, 2.24) is 19.4 Å². The molecule has 2 atom stereocenters. The predicted octanol–water partition coefficient (Wildman–Crippen LogP) is -0.580. The van der Waals surface area contributed by atoms with Gasteiger partial charge in [-0.05, 0) is 0 Å². The fourth-order valence-electron chi connectivity index (χ4n) is 2.48. The first-order valence-electron chi connectivity index (χ1n) is 6.97. The van der Waals surface area contributed by atoms with E-state index < -0.39 is 59.5 Å². The molecule has 140 valence electrons. The van der Waals surface area contributed by atoms with Crippen molar-refractivity contribution in [2.24, 2.45) is 18.9 Å². The monoisotopic (exact) mass is 384 g/mol. The number of aliphatic carboxylic acids is 1. The zero-order chi connectivity index (χ0) is 19.0. The number of amides is 1. The molecule has 0 radical (unpaired) electrons. The van der Waals surface area contributed by atoms with Gasteiger partial charge in [-0.1, -0.05) is 0 Å². The molecule has 1 aromatic rings. The molecular weight excluding hydrogens is 369 g/mol. The molecule has 1 aliphatic heterocycles. The van der Waals surface area contributed by atoms with Gasteiger partial charge in [-0.15, -0.1) is 0 Å². The van der Waals surface area contributed by atoms with Gasteiger partial charge < -0.3 is 10.0 Å². The Hall–Kier alpha value is -2.15. The Morgan fingerprint density at radius 3 is 2.48 bits per heavy atom. The molecule has 1 aromatic heterocycles. The number of nitrogens with zero attached hydrogens (tertiary/aromatic N) is 3. The molecule has 1 amide bonds. The van der Waals surface area contributed by atoms with Crippen LogP contribution in [0.3, 0.4) is 0 Å². The Labute approximate surface area is 140 Å². The number of carboxylic acids is 1. The highest BCUT2D eigenvalue weighted by Gasteiger charge is 2.53. The van der Waals surface area contributed by atoms with Gasteiger partial charge in [0.1, 0.15) is 4.90 Å². The molecule has 2 N–H and O–H groups in total. The summed E-state index contributed by atoms with van der Waals surface area (Å²) < 4.78 is 65.7. The average molecular weight is 384 g/mol. The average Bonchev–Trinajstić information content (AvgIpc) is 3.10. The minimum atomic E-state index is -4.77. The van der Waals surface area contributed by atoms with E-state index in [1.807, 2.05) is 4.72 Å². The van der Waals surface area contributed by atoms with Crippen molar-refractivity contribution >= 4 is 21.9 Å². The number of hydrogen-bond acceptors (Lipinski definition) is 5. The Balaban J connectivity index is 2.03. The number of likely N-dealkylation sites (tertiary alicyclic amines) is 1. The summed E-state index contributed by atoms with van der Waals surface area (Å²) in [6, 6.07) is 0. The van der Waals surface area contributed by atoms with E-state index in [0.29, 0.717) is 4.90 Å². The first-order valence-corrected chi connectivity index (χ1v) is 8.45. The van der Waals surface area contributed by atoms with Crippen LogP contribution in [0.2, 0.25) is 0 Å². The standard InChI is InChI=1S/C12H15F3N4O5S/c1-18-4-7(2-16-18)25(23,24)17-3-10(20)19-5-8(11(21)22)9(6-19)12(13,14)15/h2,4,8-9,17H,3,5-6H2,1H3,(H,21,22)/t8-,9-/m1/s1. The normalized spacial score (nSPS) is 21.5. The molecule has 0 aromatic carbocycles. The number of halogens is 3. The second-order valence-electron chi connectivity index (χ2n) is 5.57. The maximum absolute atomic E-state index is 12.9. The molecule has 2 rings (SSSR count). The molecule has 1 saturated heterocycles. The van der Waals surface area contributed by atoms with E-state index in [1.165, 1.54) is 17.9 Å². The predicted molar refractivity (Wildman–Crippen MR) is 75.6 cm³/mol. The third kappa shape index (κ3) is 4.28. The van der Waals surface area contributed by atoms with E-state index in [0.717, 1.165) is 6.20 Å². The fourth-order valence-corrected chi connectivity index (χ4v) is 3.44. The van der Waals surface area contributed by atoms with Crippen LogP contribution in [0.5, 0.6) is 0 Å². The summed E-state index contributed by atoms with van der Waals surface area (Å²) in [6.07, 6.45) is -2.54. The highest BCUT2D eigenvalue weighted by atomic mass is 32.2. The van der Waals surface area contributed by atoms with Crippen molar-refractivity contribution in [1.29, 1.82) is 0 Å². The lowest BCUT2D eigenvalue weighted by atomic mass is 9.96. The molecule has 1 fully saturated rings. The van der Waals surface area contributed by atoms with Gasteiger partial charge in [0.2, 0.25) is 15.9 Å². The molecule has 0 spiro atoms. The SMILES string of the molecule is Cn1cc(S(=O)(=O)NCC(=O)N2C[C@@H](C(F)(F)F)[C@H](C(=O)O)C2)cn1. The number of nitrogens with one attached hydrogen (secondary N) is 1. The Bertz CT molecular complexity index is 776. The number of hydrogen-bond donors (Lipinski definition) is 2. The summed E-state index contributed by atoms with van der Waals surface area (Å²) in [5.74, 6) is -6.57. The molecule has 25 heavy (non-hydrogen) atoms. The van der Waals surface area contributed by atoms with Crippen LogP contribution in [0.1, 0.15) is 0 Å². The number of rotatable bonds is 5. The van der Waals surface area contributed by atoms with Crippen LogP contribution in [0, 0.1) is 11.8 Å². The van der Waals surface area contributed by atoms with Crippen molar-refractivity contribution < 1.29 is 36.3 Å². The second kappa shape index (κ2) is 6.63. The van der Waals surface area contributed by atoms with E-state index in [-0.39, 0.29) is 4.90 Å². The summed E-state index contributed by atoms with van der Waals surface area (Å²) in [7, 11) is -2.57. The first kappa shape index (κ1) is 19.2. The van der Waals surface area contributed by atoms with Crippen LogP contribution in [-0.2, 0) is 26.7 Å². The van der Waals surface area contributed by atoms with Gasteiger partial charge in [0.15, 0.2) is 0 Å². The van der Waals surface area contributed by atoms with Crippen molar-refractivity contribution in [3.63, 3.8) is 0 Å². The van der Waals surface area contributed by atoms with Crippen LogP contribution >= 0.6 is 0 Å². The third-order valence-electron chi connectivity index (χ3n) is 3.82. The van der Waals surface area contributed by atoms with Crippen LogP contribution in [0.25, 0.3) is 0 Å². The largest absolute Gasteiger partial charge is 0.481 e. The number of carbonyl (C=O) groups is 2. The zero-order valence-corrected chi connectivity index (χ0v) is 13.7. The maximum atomic E-state index is 12.9. The highest BCUT2D eigenvalue weighted by molar-refractivity contribution is 7.89. The lowest BCUT2D eigenvalue weighted by Gasteiger charge is -2.18. The molecule has 1 aliphatic rings. The molecule has 2 heterocycles. The maximum Gasteiger partial charge on any atom is 0.394 e. The smallest absolute Gasteiger partial charge is 0.394 e. The topological polar surface area (TPSA) is 122 Å². The van der Waals surface area contributed by atoms with Gasteiger partial charge >= 0.3 is 12.1 Å². The number of carbonyl (C=O) groups excluding carboxylic acids is 1. The van der Waals surface area contributed by atoms with E-state index in [2.05, 4.69) is 5.10 Å². The number of aryl methyl sites for hydroxylation is 1.